The highest BCUT2D eigenvalue weighted by molar-refractivity contribution is 5.94. The number of hydrogen-bond acceptors (Lipinski definition) is 4. The molecule has 0 atom stereocenters. The average molecular weight is 353 g/mol. The molecular weight excluding hydrogens is 330 g/mol. The summed E-state index contributed by atoms with van der Waals surface area (Å²) in [5.41, 5.74) is 0.977. The Labute approximate surface area is 153 Å². The highest BCUT2D eigenvalue weighted by atomic mass is 16.5. The quantitative estimate of drug-likeness (QED) is 0.805. The summed E-state index contributed by atoms with van der Waals surface area (Å²) in [5.74, 6) is 0.0382. The van der Waals surface area contributed by atoms with Gasteiger partial charge in [0, 0.05) is 5.69 Å². The number of carbonyl (C=O) groups is 2. The molecule has 136 valence electrons. The molecule has 26 heavy (non-hydrogen) atoms. The summed E-state index contributed by atoms with van der Waals surface area (Å²) in [6.07, 6.45) is 3.50. The summed E-state index contributed by atoms with van der Waals surface area (Å²) >= 11 is 0. The van der Waals surface area contributed by atoms with Crippen LogP contribution in [0.4, 0.5) is 5.69 Å². The van der Waals surface area contributed by atoms with Crippen molar-refractivity contribution in [2.75, 3.05) is 19.0 Å². The van der Waals surface area contributed by atoms with Gasteiger partial charge in [-0.15, -0.1) is 0 Å². The monoisotopic (exact) mass is 353 g/mol. The molecule has 5 nitrogen and oxygen atoms in total. The van der Waals surface area contributed by atoms with Crippen LogP contribution in [0.1, 0.15) is 31.2 Å². The van der Waals surface area contributed by atoms with Crippen molar-refractivity contribution in [3.63, 3.8) is 0 Å². The summed E-state index contributed by atoms with van der Waals surface area (Å²) < 4.78 is 10.5. The number of nitrogens with one attached hydrogen (secondary N) is 1. The standard InChI is InChI=1S/C21H23NO4/c1-25-18-11-9-17(10-12-18)22-19(23)15-26-20(24)21(13-5-6-14-21)16-7-3-2-4-8-16/h2-4,7-12H,5-6,13-15H2,1H3,(H,22,23). The highest BCUT2D eigenvalue weighted by Crippen LogP contribution is 2.42. The van der Waals surface area contributed by atoms with E-state index in [0.717, 1.165) is 31.2 Å². The van der Waals surface area contributed by atoms with E-state index in [2.05, 4.69) is 5.32 Å². The number of anilines is 1. The van der Waals surface area contributed by atoms with Crippen LogP contribution < -0.4 is 10.1 Å². The van der Waals surface area contributed by atoms with Gasteiger partial charge in [-0.25, -0.2) is 0 Å². The number of rotatable bonds is 6. The zero-order chi connectivity index (χ0) is 18.4. The zero-order valence-electron chi connectivity index (χ0n) is 14.9. The molecule has 5 heteroatoms. The number of carbonyl (C=O) groups excluding carboxylic acids is 2. The molecule has 0 radical (unpaired) electrons. The van der Waals surface area contributed by atoms with Crippen LogP contribution in [0.15, 0.2) is 54.6 Å². The van der Waals surface area contributed by atoms with Crippen molar-refractivity contribution >= 4 is 17.6 Å². The molecule has 0 unspecified atom stereocenters. The molecule has 1 saturated carbocycles. The lowest BCUT2D eigenvalue weighted by Gasteiger charge is -2.27. The largest absolute Gasteiger partial charge is 0.497 e. The fourth-order valence-corrected chi connectivity index (χ4v) is 3.49. The first-order valence-electron chi connectivity index (χ1n) is 8.81. The van der Waals surface area contributed by atoms with Gasteiger partial charge in [0.25, 0.3) is 5.91 Å². The molecule has 1 fully saturated rings. The van der Waals surface area contributed by atoms with Crippen LogP contribution in [-0.2, 0) is 19.7 Å². The Bertz CT molecular complexity index is 749. The molecule has 0 heterocycles. The van der Waals surface area contributed by atoms with E-state index in [0.29, 0.717) is 11.4 Å². The van der Waals surface area contributed by atoms with Crippen molar-refractivity contribution in [1.82, 2.24) is 0 Å². The van der Waals surface area contributed by atoms with E-state index in [1.165, 1.54) is 0 Å². The molecule has 1 amide bonds. The van der Waals surface area contributed by atoms with E-state index in [1.54, 1.807) is 31.4 Å². The molecule has 2 aromatic rings. The Morgan fingerprint density at radius 3 is 2.27 bits per heavy atom. The smallest absolute Gasteiger partial charge is 0.317 e. The van der Waals surface area contributed by atoms with E-state index >= 15 is 0 Å². The fraction of sp³-hybridized carbons (Fsp3) is 0.333. The van der Waals surface area contributed by atoms with Gasteiger partial charge in [-0.3, -0.25) is 9.59 Å². The second-order valence-electron chi connectivity index (χ2n) is 6.51. The molecule has 1 aliphatic carbocycles. The van der Waals surface area contributed by atoms with Gasteiger partial charge in [0.05, 0.1) is 12.5 Å². The SMILES string of the molecule is COc1ccc(NC(=O)COC(=O)C2(c3ccccc3)CCCC2)cc1. The van der Waals surface area contributed by atoms with Crippen LogP contribution in [0.25, 0.3) is 0 Å². The minimum absolute atomic E-state index is 0.292. The fourth-order valence-electron chi connectivity index (χ4n) is 3.49. The molecule has 0 aliphatic heterocycles. The molecule has 1 aliphatic rings. The van der Waals surface area contributed by atoms with Gasteiger partial charge in [0.1, 0.15) is 5.75 Å². The Hall–Kier alpha value is -2.82. The zero-order valence-corrected chi connectivity index (χ0v) is 14.9. The lowest BCUT2D eigenvalue weighted by Crippen LogP contribution is -2.36. The topological polar surface area (TPSA) is 64.6 Å². The van der Waals surface area contributed by atoms with Crippen molar-refractivity contribution in [3.05, 3.63) is 60.2 Å². The van der Waals surface area contributed by atoms with Crippen LogP contribution in [0, 0.1) is 0 Å². The average Bonchev–Trinajstić information content (AvgIpc) is 3.18. The van der Waals surface area contributed by atoms with Crippen LogP contribution >= 0.6 is 0 Å². The first-order valence-corrected chi connectivity index (χ1v) is 8.81. The number of esters is 1. The highest BCUT2D eigenvalue weighted by Gasteiger charge is 2.44. The van der Waals surface area contributed by atoms with Crippen molar-refractivity contribution in [1.29, 1.82) is 0 Å². The maximum absolute atomic E-state index is 12.8. The third-order valence-corrected chi connectivity index (χ3v) is 4.88. The third-order valence-electron chi connectivity index (χ3n) is 4.88. The Kier molecular flexibility index (Phi) is 5.56. The first kappa shape index (κ1) is 18.0. The molecule has 0 spiro atoms. The van der Waals surface area contributed by atoms with Crippen LogP contribution in [0.3, 0.4) is 0 Å². The molecule has 0 aromatic heterocycles. The van der Waals surface area contributed by atoms with Gasteiger partial charge < -0.3 is 14.8 Å². The van der Waals surface area contributed by atoms with E-state index in [1.807, 2.05) is 30.3 Å². The van der Waals surface area contributed by atoms with E-state index < -0.39 is 5.41 Å². The Balaban J connectivity index is 1.60. The molecule has 0 bridgehead atoms. The van der Waals surface area contributed by atoms with E-state index in [-0.39, 0.29) is 18.5 Å². The Morgan fingerprint density at radius 2 is 1.65 bits per heavy atom. The molecule has 2 aromatic carbocycles. The van der Waals surface area contributed by atoms with Gasteiger partial charge in [-0.1, -0.05) is 43.2 Å². The van der Waals surface area contributed by atoms with Crippen molar-refractivity contribution in [3.8, 4) is 5.75 Å². The number of hydrogen-bond donors (Lipinski definition) is 1. The van der Waals surface area contributed by atoms with Gasteiger partial charge in [0.15, 0.2) is 6.61 Å². The van der Waals surface area contributed by atoms with Crippen LogP contribution in [-0.4, -0.2) is 25.6 Å². The lowest BCUT2D eigenvalue weighted by atomic mass is 9.79. The minimum Gasteiger partial charge on any atom is -0.497 e. The summed E-state index contributed by atoms with van der Waals surface area (Å²) in [7, 11) is 1.58. The molecule has 3 rings (SSSR count). The maximum Gasteiger partial charge on any atom is 0.317 e. The Morgan fingerprint density at radius 1 is 1.00 bits per heavy atom. The summed E-state index contributed by atoms with van der Waals surface area (Å²) in [6.45, 7) is -0.292. The predicted octanol–water partition coefficient (Wildman–Crippen LogP) is 3.69. The van der Waals surface area contributed by atoms with Crippen LogP contribution in [0.5, 0.6) is 5.75 Å². The van der Waals surface area contributed by atoms with E-state index in [9.17, 15) is 9.59 Å². The van der Waals surface area contributed by atoms with Crippen LogP contribution in [0.2, 0.25) is 0 Å². The number of amides is 1. The second kappa shape index (κ2) is 8.04. The van der Waals surface area contributed by atoms with Crippen molar-refractivity contribution in [2.45, 2.75) is 31.1 Å². The van der Waals surface area contributed by atoms with Crippen molar-refractivity contribution in [2.24, 2.45) is 0 Å². The number of ether oxygens (including phenoxy) is 2. The summed E-state index contributed by atoms with van der Waals surface area (Å²) in [5, 5.41) is 2.72. The summed E-state index contributed by atoms with van der Waals surface area (Å²) in [6, 6.07) is 16.7. The van der Waals surface area contributed by atoms with E-state index in [4.69, 9.17) is 9.47 Å². The van der Waals surface area contributed by atoms with Crippen molar-refractivity contribution < 1.29 is 19.1 Å². The molecule has 0 saturated heterocycles. The second-order valence-corrected chi connectivity index (χ2v) is 6.51. The minimum atomic E-state index is -0.623. The summed E-state index contributed by atoms with van der Waals surface area (Å²) in [4.78, 5) is 24.9. The molecular formula is C21H23NO4. The van der Waals surface area contributed by atoms with Gasteiger partial charge >= 0.3 is 5.97 Å². The third kappa shape index (κ3) is 3.87. The molecule has 1 N–H and O–H groups in total. The number of methoxy groups -OCH3 is 1. The van der Waals surface area contributed by atoms with Gasteiger partial charge in [-0.2, -0.15) is 0 Å². The first-order chi connectivity index (χ1) is 12.6. The number of benzene rings is 2. The van der Waals surface area contributed by atoms with Gasteiger partial charge in [0.2, 0.25) is 0 Å². The van der Waals surface area contributed by atoms with Gasteiger partial charge in [-0.05, 0) is 42.7 Å². The lowest BCUT2D eigenvalue weighted by molar-refractivity contribution is -0.153. The maximum atomic E-state index is 12.8. The normalized spacial score (nSPS) is 15.3. The predicted molar refractivity (Wildman–Crippen MR) is 99.2 cm³/mol.